The van der Waals surface area contributed by atoms with Crippen molar-refractivity contribution in [2.75, 3.05) is 19.6 Å². The highest BCUT2D eigenvalue weighted by Gasteiger charge is 2.21. The second-order valence-electron chi connectivity index (χ2n) is 8.79. The van der Waals surface area contributed by atoms with E-state index in [9.17, 15) is 9.59 Å². The minimum Gasteiger partial charge on any atom is -0.350 e. The molecule has 2 atom stereocenters. The molecule has 1 aliphatic heterocycles. The molecule has 0 spiro atoms. The van der Waals surface area contributed by atoms with E-state index in [2.05, 4.69) is 53.6 Å². The van der Waals surface area contributed by atoms with E-state index in [0.717, 1.165) is 42.6 Å². The average Bonchev–Trinajstić information content (AvgIpc) is 2.70. The zero-order valence-electron chi connectivity index (χ0n) is 18.3. The van der Waals surface area contributed by atoms with Crippen LogP contribution >= 0.6 is 0 Å². The number of benzene rings is 2. The van der Waals surface area contributed by atoms with Crippen LogP contribution in [0.1, 0.15) is 47.3 Å². The maximum absolute atomic E-state index is 12.1. The average molecular weight is 408 g/mol. The fourth-order valence-electron chi connectivity index (χ4n) is 4.25. The van der Waals surface area contributed by atoms with Crippen LogP contribution in [0.25, 0.3) is 0 Å². The van der Waals surface area contributed by atoms with Crippen LogP contribution in [-0.2, 0) is 17.9 Å². The van der Waals surface area contributed by atoms with Gasteiger partial charge in [-0.15, -0.1) is 0 Å². The molecule has 1 saturated heterocycles. The summed E-state index contributed by atoms with van der Waals surface area (Å²) in [7, 11) is 0. The first-order chi connectivity index (χ1) is 14.4. The van der Waals surface area contributed by atoms with Crippen LogP contribution < -0.4 is 10.6 Å². The predicted octanol–water partition coefficient (Wildman–Crippen LogP) is 3.52. The van der Waals surface area contributed by atoms with Gasteiger partial charge in [0.05, 0.1) is 6.54 Å². The highest BCUT2D eigenvalue weighted by molar-refractivity contribution is 5.96. The van der Waals surface area contributed by atoms with Gasteiger partial charge in [0, 0.05) is 31.7 Å². The van der Waals surface area contributed by atoms with Gasteiger partial charge < -0.3 is 10.6 Å². The summed E-state index contributed by atoms with van der Waals surface area (Å²) in [5.74, 6) is 1.08. The molecule has 5 nitrogen and oxygen atoms in total. The molecule has 1 aliphatic rings. The second kappa shape index (κ2) is 10.4. The van der Waals surface area contributed by atoms with Gasteiger partial charge in [-0.1, -0.05) is 55.8 Å². The number of nitrogens with zero attached hydrogens (tertiary/aromatic N) is 1. The van der Waals surface area contributed by atoms with Crippen LogP contribution in [0.2, 0.25) is 0 Å². The molecule has 2 aromatic carbocycles. The van der Waals surface area contributed by atoms with Crippen LogP contribution in [-0.4, -0.2) is 36.3 Å². The summed E-state index contributed by atoms with van der Waals surface area (Å²) in [5, 5.41) is 5.53. The molecular weight excluding hydrogens is 374 g/mol. The lowest BCUT2D eigenvalue weighted by molar-refractivity contribution is -0.120. The lowest BCUT2D eigenvalue weighted by Crippen LogP contribution is -2.38. The Kier molecular flexibility index (Phi) is 7.63. The highest BCUT2D eigenvalue weighted by Crippen LogP contribution is 2.22. The van der Waals surface area contributed by atoms with Crippen molar-refractivity contribution in [2.45, 2.75) is 40.3 Å². The number of likely N-dealkylation sites (tertiary alicyclic amines) is 1. The lowest BCUT2D eigenvalue weighted by atomic mass is 9.91. The Balaban J connectivity index is 1.41. The van der Waals surface area contributed by atoms with Gasteiger partial charge in [0.1, 0.15) is 0 Å². The topological polar surface area (TPSA) is 61.4 Å². The largest absolute Gasteiger partial charge is 0.350 e. The molecule has 160 valence electrons. The van der Waals surface area contributed by atoms with E-state index in [0.29, 0.717) is 12.1 Å². The van der Waals surface area contributed by atoms with Gasteiger partial charge in [-0.05, 0) is 48.4 Å². The minimum atomic E-state index is -0.237. The van der Waals surface area contributed by atoms with Gasteiger partial charge in [0.15, 0.2) is 0 Å². The van der Waals surface area contributed by atoms with Crippen molar-refractivity contribution in [1.82, 2.24) is 15.5 Å². The monoisotopic (exact) mass is 407 g/mol. The van der Waals surface area contributed by atoms with Crippen molar-refractivity contribution >= 4 is 11.8 Å². The third-order valence-corrected chi connectivity index (χ3v) is 5.55. The summed E-state index contributed by atoms with van der Waals surface area (Å²) < 4.78 is 0. The van der Waals surface area contributed by atoms with E-state index >= 15 is 0 Å². The van der Waals surface area contributed by atoms with Crippen molar-refractivity contribution in [2.24, 2.45) is 11.8 Å². The molecule has 0 radical (unpaired) electrons. The molecular formula is C25H33N3O2. The van der Waals surface area contributed by atoms with E-state index in [1.807, 2.05) is 19.1 Å². The van der Waals surface area contributed by atoms with Crippen molar-refractivity contribution in [3.63, 3.8) is 0 Å². The summed E-state index contributed by atoms with van der Waals surface area (Å²) in [5.41, 5.74) is 3.94. The Morgan fingerprint density at radius 2 is 1.63 bits per heavy atom. The summed E-state index contributed by atoms with van der Waals surface area (Å²) in [4.78, 5) is 26.7. The number of amides is 2. The van der Waals surface area contributed by atoms with Crippen molar-refractivity contribution in [1.29, 1.82) is 0 Å². The number of nitrogens with one attached hydrogen (secondary N) is 2. The van der Waals surface area contributed by atoms with Crippen molar-refractivity contribution in [3.05, 3.63) is 70.8 Å². The van der Waals surface area contributed by atoms with Crippen LogP contribution in [0.5, 0.6) is 0 Å². The molecule has 0 aliphatic carbocycles. The number of carbonyl (C=O) groups is 2. The lowest BCUT2D eigenvalue weighted by Gasteiger charge is -2.35. The fraction of sp³-hybridized carbons (Fsp3) is 0.440. The third kappa shape index (κ3) is 6.70. The molecule has 30 heavy (non-hydrogen) atoms. The molecule has 0 aromatic heterocycles. The first kappa shape index (κ1) is 22.0. The normalized spacial score (nSPS) is 19.3. The summed E-state index contributed by atoms with van der Waals surface area (Å²) in [6.07, 6.45) is 1.32. The quantitative estimate of drug-likeness (QED) is 0.738. The Morgan fingerprint density at radius 3 is 2.30 bits per heavy atom. The minimum absolute atomic E-state index is 0.0316. The van der Waals surface area contributed by atoms with E-state index in [4.69, 9.17) is 0 Å². The molecule has 0 saturated carbocycles. The van der Waals surface area contributed by atoms with Gasteiger partial charge in [0.25, 0.3) is 5.91 Å². The van der Waals surface area contributed by atoms with E-state index < -0.39 is 0 Å². The van der Waals surface area contributed by atoms with Crippen LogP contribution in [0.4, 0.5) is 0 Å². The second-order valence-corrected chi connectivity index (χ2v) is 8.79. The Bertz CT molecular complexity index is 853. The van der Waals surface area contributed by atoms with E-state index in [-0.39, 0.29) is 18.4 Å². The first-order valence-corrected chi connectivity index (χ1v) is 10.8. The maximum Gasteiger partial charge on any atom is 0.251 e. The van der Waals surface area contributed by atoms with E-state index in [1.165, 1.54) is 12.0 Å². The summed E-state index contributed by atoms with van der Waals surface area (Å²) in [6.45, 7) is 10.3. The van der Waals surface area contributed by atoms with Gasteiger partial charge in [-0.25, -0.2) is 0 Å². The van der Waals surface area contributed by atoms with Crippen molar-refractivity contribution < 1.29 is 9.59 Å². The maximum atomic E-state index is 12.1. The number of carbonyl (C=O) groups excluding carboxylic acids is 2. The summed E-state index contributed by atoms with van der Waals surface area (Å²) in [6, 6.07) is 15.7. The zero-order chi connectivity index (χ0) is 21.5. The zero-order valence-corrected chi connectivity index (χ0v) is 18.3. The Labute approximate surface area is 179 Å². The van der Waals surface area contributed by atoms with Gasteiger partial charge in [0.2, 0.25) is 5.91 Å². The fourth-order valence-corrected chi connectivity index (χ4v) is 4.25. The van der Waals surface area contributed by atoms with Crippen LogP contribution in [0.15, 0.2) is 48.5 Å². The van der Waals surface area contributed by atoms with E-state index in [1.54, 1.807) is 12.1 Å². The molecule has 5 heteroatoms. The standard InChI is InChI=1S/C25H33N3O2/c1-18-5-4-6-23(12-18)25(30)27-14-24(29)26-13-21-7-9-22(10-8-21)17-28-15-19(2)11-20(3)16-28/h4-10,12,19-20H,11,13-17H2,1-3H3,(H,26,29)(H,27,30). The molecule has 2 unspecified atom stereocenters. The number of rotatable bonds is 7. The SMILES string of the molecule is Cc1cccc(C(=O)NCC(=O)NCc2ccc(CN3CC(C)CC(C)C3)cc2)c1. The Morgan fingerprint density at radius 1 is 0.967 bits per heavy atom. The molecule has 0 bridgehead atoms. The molecule has 2 amide bonds. The highest BCUT2D eigenvalue weighted by atomic mass is 16.2. The molecule has 3 rings (SSSR count). The predicted molar refractivity (Wildman–Crippen MR) is 120 cm³/mol. The van der Waals surface area contributed by atoms with Gasteiger partial charge in [-0.2, -0.15) is 0 Å². The van der Waals surface area contributed by atoms with Crippen LogP contribution in [0.3, 0.4) is 0 Å². The van der Waals surface area contributed by atoms with Crippen molar-refractivity contribution in [3.8, 4) is 0 Å². The number of hydrogen-bond acceptors (Lipinski definition) is 3. The number of piperidine rings is 1. The summed E-state index contributed by atoms with van der Waals surface area (Å²) >= 11 is 0. The van der Waals surface area contributed by atoms with Gasteiger partial charge >= 0.3 is 0 Å². The smallest absolute Gasteiger partial charge is 0.251 e. The molecule has 1 fully saturated rings. The first-order valence-electron chi connectivity index (χ1n) is 10.8. The number of hydrogen-bond donors (Lipinski definition) is 2. The molecule has 2 aromatic rings. The molecule has 2 N–H and O–H groups in total. The third-order valence-electron chi connectivity index (χ3n) is 5.55. The molecule has 1 heterocycles. The Hall–Kier alpha value is -2.66. The van der Waals surface area contributed by atoms with Crippen LogP contribution in [0, 0.1) is 18.8 Å². The number of aryl methyl sites for hydroxylation is 1. The van der Waals surface area contributed by atoms with Gasteiger partial charge in [-0.3, -0.25) is 14.5 Å².